The predicted molar refractivity (Wildman–Crippen MR) is 119 cm³/mol. The van der Waals surface area contributed by atoms with E-state index < -0.39 is 12.1 Å². The van der Waals surface area contributed by atoms with E-state index in [4.69, 9.17) is 9.47 Å². The number of rotatable bonds is 8. The van der Waals surface area contributed by atoms with Crippen molar-refractivity contribution in [2.24, 2.45) is 5.92 Å². The summed E-state index contributed by atoms with van der Waals surface area (Å²) in [5, 5.41) is 3.01. The Balaban J connectivity index is 1.82. The summed E-state index contributed by atoms with van der Waals surface area (Å²) >= 11 is 0. The number of hydrogen-bond acceptors (Lipinski definition) is 4. The highest BCUT2D eigenvalue weighted by atomic mass is 16.5. The van der Waals surface area contributed by atoms with Gasteiger partial charge in [0.05, 0.1) is 23.8 Å². The minimum Gasteiger partial charge on any atom is -0.455 e. The van der Waals surface area contributed by atoms with E-state index in [0.717, 1.165) is 18.4 Å². The van der Waals surface area contributed by atoms with Gasteiger partial charge in [-0.15, -0.1) is 0 Å². The number of nitrogens with one attached hydrogen (secondary N) is 1. The molecule has 0 aliphatic carbocycles. The SMILES string of the molecule is C=C/C(C)=C\C[C@@H]1O[C@H](C)[C@H](NC(=O)/C=C\C(C)OC(=O)c2ccccc2)C[C@@H]1C. The second-order valence-electron chi connectivity index (χ2n) is 7.93. The van der Waals surface area contributed by atoms with Crippen molar-refractivity contribution in [3.63, 3.8) is 0 Å². The summed E-state index contributed by atoms with van der Waals surface area (Å²) in [5.74, 6) is -0.302. The van der Waals surface area contributed by atoms with Gasteiger partial charge in [-0.3, -0.25) is 4.79 Å². The normalized spacial score (nSPS) is 25.5. The van der Waals surface area contributed by atoms with Crippen LogP contribution < -0.4 is 5.32 Å². The Bertz CT molecular complexity index is 784. The molecule has 0 saturated carbocycles. The number of carbonyl (C=O) groups excluding carboxylic acids is 2. The quantitative estimate of drug-likeness (QED) is 0.385. The lowest BCUT2D eigenvalue weighted by atomic mass is 9.88. The van der Waals surface area contributed by atoms with Crippen LogP contribution >= 0.6 is 0 Å². The van der Waals surface area contributed by atoms with Gasteiger partial charge in [0, 0.05) is 6.08 Å². The van der Waals surface area contributed by atoms with Gasteiger partial charge in [-0.1, -0.05) is 49.4 Å². The fourth-order valence-electron chi connectivity index (χ4n) is 3.40. The Morgan fingerprint density at radius 2 is 2.00 bits per heavy atom. The number of benzene rings is 1. The van der Waals surface area contributed by atoms with Crippen LogP contribution in [0.1, 0.15) is 50.9 Å². The van der Waals surface area contributed by atoms with Crippen LogP contribution in [0.4, 0.5) is 0 Å². The molecule has 2 rings (SSSR count). The molecule has 1 aliphatic rings. The highest BCUT2D eigenvalue weighted by Gasteiger charge is 2.33. The molecule has 1 aromatic carbocycles. The van der Waals surface area contributed by atoms with E-state index in [1.807, 2.05) is 26.0 Å². The second kappa shape index (κ2) is 11.5. The van der Waals surface area contributed by atoms with Crippen molar-refractivity contribution < 1.29 is 19.1 Å². The van der Waals surface area contributed by atoms with Crippen molar-refractivity contribution in [3.05, 3.63) is 72.4 Å². The van der Waals surface area contributed by atoms with E-state index in [1.54, 1.807) is 37.3 Å². The zero-order chi connectivity index (χ0) is 22.1. The largest absolute Gasteiger partial charge is 0.455 e. The van der Waals surface area contributed by atoms with Gasteiger partial charge in [-0.2, -0.15) is 0 Å². The maximum absolute atomic E-state index is 12.3. The molecular formula is C25H33NO4. The Labute approximate surface area is 179 Å². The van der Waals surface area contributed by atoms with Crippen LogP contribution in [-0.4, -0.2) is 36.2 Å². The third kappa shape index (κ3) is 7.30. The molecule has 1 unspecified atom stereocenters. The molecule has 1 aromatic rings. The summed E-state index contributed by atoms with van der Waals surface area (Å²) in [6.45, 7) is 11.7. The van der Waals surface area contributed by atoms with Gasteiger partial charge in [-0.05, 0) is 57.7 Å². The van der Waals surface area contributed by atoms with E-state index in [9.17, 15) is 9.59 Å². The monoisotopic (exact) mass is 411 g/mol. The van der Waals surface area contributed by atoms with E-state index >= 15 is 0 Å². The van der Waals surface area contributed by atoms with Gasteiger partial charge in [0.25, 0.3) is 0 Å². The molecule has 1 amide bonds. The Morgan fingerprint density at radius 3 is 2.67 bits per heavy atom. The highest BCUT2D eigenvalue weighted by molar-refractivity contribution is 5.90. The summed E-state index contributed by atoms with van der Waals surface area (Å²) in [4.78, 5) is 24.4. The summed E-state index contributed by atoms with van der Waals surface area (Å²) < 4.78 is 11.5. The Morgan fingerprint density at radius 1 is 1.30 bits per heavy atom. The Hall–Kier alpha value is -2.66. The van der Waals surface area contributed by atoms with Crippen LogP contribution in [0, 0.1) is 5.92 Å². The van der Waals surface area contributed by atoms with Crippen molar-refractivity contribution in [2.75, 3.05) is 0 Å². The number of esters is 1. The predicted octanol–water partition coefficient (Wildman–Crippen LogP) is 4.61. The first-order chi connectivity index (χ1) is 14.3. The van der Waals surface area contributed by atoms with Gasteiger partial charge in [0.15, 0.2) is 0 Å². The molecule has 0 radical (unpaired) electrons. The Kier molecular flexibility index (Phi) is 9.06. The topological polar surface area (TPSA) is 64.6 Å². The van der Waals surface area contributed by atoms with Crippen molar-refractivity contribution in [1.82, 2.24) is 5.32 Å². The maximum Gasteiger partial charge on any atom is 0.338 e. The van der Waals surface area contributed by atoms with Gasteiger partial charge in [-0.25, -0.2) is 4.79 Å². The molecule has 1 N–H and O–H groups in total. The lowest BCUT2D eigenvalue weighted by molar-refractivity contribution is -0.123. The molecule has 30 heavy (non-hydrogen) atoms. The van der Waals surface area contributed by atoms with E-state index in [-0.39, 0.29) is 24.2 Å². The van der Waals surface area contributed by atoms with Crippen molar-refractivity contribution in [1.29, 1.82) is 0 Å². The molecule has 0 aromatic heterocycles. The van der Waals surface area contributed by atoms with Gasteiger partial charge in [0.1, 0.15) is 6.10 Å². The lowest BCUT2D eigenvalue weighted by Crippen LogP contribution is -2.50. The lowest BCUT2D eigenvalue weighted by Gasteiger charge is -2.39. The smallest absolute Gasteiger partial charge is 0.338 e. The molecule has 162 valence electrons. The zero-order valence-electron chi connectivity index (χ0n) is 18.3. The number of carbonyl (C=O) groups is 2. The van der Waals surface area contributed by atoms with E-state index in [1.165, 1.54) is 6.08 Å². The van der Waals surface area contributed by atoms with Crippen LogP contribution in [0.15, 0.2) is 66.8 Å². The van der Waals surface area contributed by atoms with Gasteiger partial charge in [0.2, 0.25) is 5.91 Å². The fourth-order valence-corrected chi connectivity index (χ4v) is 3.40. The molecular weight excluding hydrogens is 378 g/mol. The van der Waals surface area contributed by atoms with Gasteiger partial charge >= 0.3 is 5.97 Å². The average Bonchev–Trinajstić information content (AvgIpc) is 2.74. The first kappa shape index (κ1) is 23.6. The van der Waals surface area contributed by atoms with Crippen LogP contribution in [0.3, 0.4) is 0 Å². The number of ether oxygens (including phenoxy) is 2. The third-order valence-electron chi connectivity index (χ3n) is 5.36. The minimum atomic E-state index is -0.508. The first-order valence-electron chi connectivity index (χ1n) is 10.5. The summed E-state index contributed by atoms with van der Waals surface area (Å²) in [5.41, 5.74) is 1.62. The standard InChI is InChI=1S/C25H33NO4/c1-6-17(2)12-14-23-18(3)16-22(20(5)30-23)26-24(27)15-13-19(4)29-25(28)21-10-8-7-9-11-21/h6-13,15,18-20,22-23H,1,14,16H2,2-5H3,(H,26,27)/b15-13-,17-12-/t18-,19?,20+,22+,23-/m0/s1. The summed E-state index contributed by atoms with van der Waals surface area (Å²) in [7, 11) is 0. The maximum atomic E-state index is 12.3. The molecule has 1 saturated heterocycles. The van der Waals surface area contributed by atoms with Gasteiger partial charge < -0.3 is 14.8 Å². The summed E-state index contributed by atoms with van der Waals surface area (Å²) in [6, 6.07) is 8.72. The number of hydrogen-bond donors (Lipinski definition) is 1. The molecule has 5 nitrogen and oxygen atoms in total. The van der Waals surface area contributed by atoms with E-state index in [2.05, 4.69) is 24.9 Å². The minimum absolute atomic E-state index is 0.0555. The van der Waals surface area contributed by atoms with Crippen molar-refractivity contribution in [3.8, 4) is 0 Å². The molecule has 5 heteroatoms. The summed E-state index contributed by atoms with van der Waals surface area (Å²) in [6.07, 6.45) is 8.23. The zero-order valence-corrected chi connectivity index (χ0v) is 18.3. The van der Waals surface area contributed by atoms with Crippen LogP contribution in [0.5, 0.6) is 0 Å². The fraction of sp³-hybridized carbons (Fsp3) is 0.440. The number of allylic oxidation sites excluding steroid dienone is 2. The first-order valence-corrected chi connectivity index (χ1v) is 10.5. The number of amides is 1. The molecule has 1 heterocycles. The molecule has 0 bridgehead atoms. The average molecular weight is 412 g/mol. The van der Waals surface area contributed by atoms with Crippen molar-refractivity contribution >= 4 is 11.9 Å². The second-order valence-corrected chi connectivity index (χ2v) is 7.93. The molecule has 1 fully saturated rings. The van der Waals surface area contributed by atoms with Crippen LogP contribution in [-0.2, 0) is 14.3 Å². The van der Waals surface area contributed by atoms with E-state index in [0.29, 0.717) is 11.5 Å². The third-order valence-corrected chi connectivity index (χ3v) is 5.36. The molecule has 5 atom stereocenters. The van der Waals surface area contributed by atoms with Crippen LogP contribution in [0.25, 0.3) is 0 Å². The molecule has 0 spiro atoms. The van der Waals surface area contributed by atoms with Crippen LogP contribution in [0.2, 0.25) is 0 Å². The van der Waals surface area contributed by atoms with Crippen molar-refractivity contribution in [2.45, 2.75) is 64.9 Å². The molecule has 1 aliphatic heterocycles. The highest BCUT2D eigenvalue weighted by Crippen LogP contribution is 2.27.